The Bertz CT molecular complexity index is 399. The second-order valence-electron chi connectivity index (χ2n) is 3.18. The molecule has 1 aromatic heterocycles. The van der Waals surface area contributed by atoms with Crippen molar-refractivity contribution in [1.29, 1.82) is 0 Å². The minimum absolute atomic E-state index is 0.0724. The maximum atomic E-state index is 11.2. The van der Waals surface area contributed by atoms with E-state index in [9.17, 15) is 14.8 Å². The highest BCUT2D eigenvalue weighted by Crippen LogP contribution is 2.02. The number of ketones is 1. The highest BCUT2D eigenvalue weighted by atomic mass is 16.8. The highest BCUT2D eigenvalue weighted by molar-refractivity contribution is 6.34. The zero-order valence-electron chi connectivity index (χ0n) is 8.68. The molecule has 0 aliphatic carbocycles. The van der Waals surface area contributed by atoms with Crippen LogP contribution in [0.2, 0.25) is 0 Å². The molecule has 0 bridgehead atoms. The number of hydrogen-bond acceptors (Lipinski definition) is 5. The number of amides is 1. The Hall–Kier alpha value is -1.92. The molecule has 0 N–H and O–H groups in total. The lowest BCUT2D eigenvalue weighted by molar-refractivity contribution is -0.806. The Morgan fingerprint density at radius 2 is 2.20 bits per heavy atom. The smallest absolute Gasteiger partial charge is 0.289 e. The summed E-state index contributed by atoms with van der Waals surface area (Å²) in [6.45, 7) is 2.77. The predicted octanol–water partition coefficient (Wildman–Crippen LogP) is -0.836. The van der Waals surface area contributed by atoms with Gasteiger partial charge in [0.1, 0.15) is 0 Å². The van der Waals surface area contributed by atoms with Gasteiger partial charge in [-0.25, -0.2) is 0 Å². The van der Waals surface area contributed by atoms with Gasteiger partial charge in [0.25, 0.3) is 5.91 Å². The summed E-state index contributed by atoms with van der Waals surface area (Å²) in [5.41, 5.74) is 0.611. The van der Waals surface area contributed by atoms with Crippen LogP contribution in [-0.2, 0) is 16.1 Å². The minimum Gasteiger partial charge on any atom is -0.359 e. The number of nitrogens with zero attached hydrogens (tertiary/aromatic N) is 3. The van der Waals surface area contributed by atoms with Crippen LogP contribution in [0.4, 0.5) is 0 Å². The number of rotatable bonds is 3. The monoisotopic (exact) mass is 213 g/mol. The third-order valence-corrected chi connectivity index (χ3v) is 1.95. The van der Waals surface area contributed by atoms with Crippen molar-refractivity contribution in [2.75, 3.05) is 7.05 Å². The third kappa shape index (κ3) is 2.30. The lowest BCUT2D eigenvalue weighted by Crippen LogP contribution is -2.32. The van der Waals surface area contributed by atoms with Crippen LogP contribution in [-0.4, -0.2) is 28.8 Å². The highest BCUT2D eigenvalue weighted by Gasteiger charge is 2.20. The van der Waals surface area contributed by atoms with Gasteiger partial charge in [0.15, 0.2) is 5.69 Å². The van der Waals surface area contributed by atoms with Crippen LogP contribution in [0.3, 0.4) is 0 Å². The van der Waals surface area contributed by atoms with E-state index in [1.165, 1.54) is 25.8 Å². The Morgan fingerprint density at radius 3 is 2.60 bits per heavy atom. The van der Waals surface area contributed by atoms with Gasteiger partial charge in [-0.15, -0.1) is 0 Å². The Kier molecular flexibility index (Phi) is 3.03. The van der Waals surface area contributed by atoms with Crippen LogP contribution in [0.15, 0.2) is 4.63 Å². The molecule has 7 nitrogen and oxygen atoms in total. The fourth-order valence-corrected chi connectivity index (χ4v) is 1.03. The van der Waals surface area contributed by atoms with Gasteiger partial charge in [0, 0.05) is 26.1 Å². The van der Waals surface area contributed by atoms with Gasteiger partial charge in [0.05, 0.1) is 6.54 Å². The first-order valence-corrected chi connectivity index (χ1v) is 4.24. The molecular weight excluding hydrogens is 202 g/mol. The van der Waals surface area contributed by atoms with E-state index >= 15 is 0 Å². The second-order valence-corrected chi connectivity index (χ2v) is 3.18. The standard InChI is InChI=1S/C8H11N3O4/c1-5-7(9-15-11(5)14)4-10(3)8(13)6(2)12/h4H2,1-3H3. The predicted molar refractivity (Wildman–Crippen MR) is 47.4 cm³/mol. The Balaban J connectivity index is 2.74. The zero-order valence-corrected chi connectivity index (χ0v) is 8.68. The van der Waals surface area contributed by atoms with Crippen LogP contribution in [0.5, 0.6) is 0 Å². The second kappa shape index (κ2) is 4.07. The summed E-state index contributed by atoms with van der Waals surface area (Å²) in [7, 11) is 1.45. The molecule has 0 saturated heterocycles. The normalized spacial score (nSPS) is 10.1. The molecule has 0 fully saturated rings. The van der Waals surface area contributed by atoms with Gasteiger partial charge in [-0.05, 0) is 4.90 Å². The van der Waals surface area contributed by atoms with Crippen molar-refractivity contribution in [1.82, 2.24) is 10.1 Å². The van der Waals surface area contributed by atoms with Crippen LogP contribution in [0, 0.1) is 12.1 Å². The molecule has 0 unspecified atom stereocenters. The van der Waals surface area contributed by atoms with Gasteiger partial charge in [-0.1, -0.05) is 0 Å². The molecule has 15 heavy (non-hydrogen) atoms. The van der Waals surface area contributed by atoms with E-state index < -0.39 is 11.7 Å². The summed E-state index contributed by atoms with van der Waals surface area (Å²) < 4.78 is 4.32. The molecule has 1 aromatic rings. The van der Waals surface area contributed by atoms with Gasteiger partial charge >= 0.3 is 0 Å². The average Bonchev–Trinajstić information content (AvgIpc) is 2.48. The van der Waals surface area contributed by atoms with Crippen LogP contribution in [0.1, 0.15) is 18.3 Å². The third-order valence-electron chi connectivity index (χ3n) is 1.95. The first-order valence-electron chi connectivity index (χ1n) is 4.24. The lowest BCUT2D eigenvalue weighted by Gasteiger charge is -2.11. The number of carbonyl (C=O) groups is 2. The fourth-order valence-electron chi connectivity index (χ4n) is 1.03. The molecule has 7 heteroatoms. The van der Waals surface area contributed by atoms with Gasteiger partial charge in [-0.2, -0.15) is 0 Å². The molecule has 0 aliphatic rings. The SMILES string of the molecule is CC(=O)C(=O)N(C)Cc1no[n+]([O-])c1C. The Labute approximate surface area is 85.8 Å². The van der Waals surface area contributed by atoms with E-state index in [0.29, 0.717) is 5.69 Å². The van der Waals surface area contributed by atoms with E-state index in [1.54, 1.807) is 0 Å². The van der Waals surface area contributed by atoms with Gasteiger partial charge < -0.3 is 10.1 Å². The van der Waals surface area contributed by atoms with E-state index in [1.807, 2.05) is 0 Å². The fraction of sp³-hybridized carbons (Fsp3) is 0.500. The number of hydrogen-bond donors (Lipinski definition) is 0. The molecule has 1 rings (SSSR count). The quantitative estimate of drug-likeness (QED) is 0.482. The molecule has 1 heterocycles. The van der Waals surface area contributed by atoms with E-state index in [0.717, 1.165) is 0 Å². The summed E-state index contributed by atoms with van der Waals surface area (Å²) in [6.07, 6.45) is 0. The topological polar surface area (TPSA) is 90.4 Å². The summed E-state index contributed by atoms with van der Waals surface area (Å²) >= 11 is 0. The van der Waals surface area contributed by atoms with Gasteiger partial charge in [-0.3, -0.25) is 14.2 Å². The van der Waals surface area contributed by atoms with Crippen molar-refractivity contribution >= 4 is 11.7 Å². The molecule has 1 amide bonds. The molecule has 0 spiro atoms. The molecule has 0 saturated carbocycles. The van der Waals surface area contributed by atoms with Crippen molar-refractivity contribution in [3.63, 3.8) is 0 Å². The largest absolute Gasteiger partial charge is 0.359 e. The van der Waals surface area contributed by atoms with Crippen molar-refractivity contribution in [3.8, 4) is 0 Å². The first-order chi connectivity index (χ1) is 6.93. The first kappa shape index (κ1) is 11.2. The number of Topliss-reactive ketones (excluding diaryl/α,β-unsaturated/α-hetero) is 1. The minimum atomic E-state index is -0.630. The van der Waals surface area contributed by atoms with Crippen LogP contribution < -0.4 is 4.90 Å². The summed E-state index contributed by atoms with van der Waals surface area (Å²) in [5.74, 6) is -1.19. The summed E-state index contributed by atoms with van der Waals surface area (Å²) in [5, 5.41) is 14.3. The van der Waals surface area contributed by atoms with E-state index in [4.69, 9.17) is 0 Å². The molecule has 0 aliphatic heterocycles. The summed E-state index contributed by atoms with van der Waals surface area (Å²) in [4.78, 5) is 23.4. The molecule has 0 radical (unpaired) electrons. The van der Waals surface area contributed by atoms with E-state index in [-0.39, 0.29) is 17.1 Å². The zero-order chi connectivity index (χ0) is 11.6. The molecular formula is C8H11N3O4. The Morgan fingerprint density at radius 1 is 1.60 bits per heavy atom. The maximum absolute atomic E-state index is 11.2. The van der Waals surface area contributed by atoms with Crippen molar-refractivity contribution in [2.24, 2.45) is 0 Å². The number of likely N-dealkylation sites (N-methyl/N-ethyl adjacent to an activating group) is 1. The summed E-state index contributed by atoms with van der Waals surface area (Å²) in [6, 6.07) is 0. The molecule has 0 aromatic carbocycles. The number of carbonyl (C=O) groups excluding carboxylic acids is 2. The van der Waals surface area contributed by atoms with Crippen LogP contribution in [0.25, 0.3) is 0 Å². The van der Waals surface area contributed by atoms with Crippen LogP contribution >= 0.6 is 0 Å². The van der Waals surface area contributed by atoms with Crippen molar-refractivity contribution < 1.29 is 19.1 Å². The van der Waals surface area contributed by atoms with E-state index in [2.05, 4.69) is 9.79 Å². The molecule has 0 atom stereocenters. The average molecular weight is 213 g/mol. The maximum Gasteiger partial charge on any atom is 0.289 e. The van der Waals surface area contributed by atoms with Crippen molar-refractivity contribution in [2.45, 2.75) is 20.4 Å². The number of aromatic nitrogens is 2. The van der Waals surface area contributed by atoms with Gasteiger partial charge in [0.2, 0.25) is 11.5 Å². The lowest BCUT2D eigenvalue weighted by atomic mass is 10.3. The molecule has 82 valence electrons. The van der Waals surface area contributed by atoms with Crippen molar-refractivity contribution in [3.05, 3.63) is 16.6 Å².